The van der Waals surface area contributed by atoms with Gasteiger partial charge in [0, 0.05) is 26.7 Å². The fourth-order valence-corrected chi connectivity index (χ4v) is 4.78. The summed E-state index contributed by atoms with van der Waals surface area (Å²) in [4.78, 5) is 26.7. The molecule has 2 aromatic carbocycles. The first-order valence-electron chi connectivity index (χ1n) is 9.02. The maximum atomic E-state index is 13.0. The van der Waals surface area contributed by atoms with Crippen LogP contribution in [-0.2, 0) is 26.2 Å². The summed E-state index contributed by atoms with van der Waals surface area (Å²) in [6.45, 7) is 0.734. The van der Waals surface area contributed by atoms with Gasteiger partial charge in [-0.3, -0.25) is 9.59 Å². The van der Waals surface area contributed by atoms with Gasteiger partial charge in [-0.15, -0.1) is 0 Å². The van der Waals surface area contributed by atoms with E-state index in [0.29, 0.717) is 6.54 Å². The number of sulfonamides is 1. The van der Waals surface area contributed by atoms with E-state index < -0.39 is 22.0 Å². The molecule has 1 saturated heterocycles. The molecule has 0 radical (unpaired) electrons. The van der Waals surface area contributed by atoms with Crippen molar-refractivity contribution in [3.63, 3.8) is 0 Å². The molecule has 0 bridgehead atoms. The molecule has 0 saturated carbocycles. The summed E-state index contributed by atoms with van der Waals surface area (Å²) in [6.07, 6.45) is -0.207. The van der Waals surface area contributed by atoms with Crippen LogP contribution < -0.4 is 5.32 Å². The van der Waals surface area contributed by atoms with Crippen LogP contribution >= 0.6 is 0 Å². The molecule has 1 fully saturated rings. The highest BCUT2D eigenvalue weighted by molar-refractivity contribution is 7.89. The molecule has 1 N–H and O–H groups in total. The van der Waals surface area contributed by atoms with E-state index in [1.54, 1.807) is 25.2 Å². The van der Waals surface area contributed by atoms with E-state index in [2.05, 4.69) is 5.32 Å². The zero-order chi connectivity index (χ0) is 20.1. The monoisotopic (exact) mass is 401 g/mol. The molecule has 28 heavy (non-hydrogen) atoms. The molecule has 1 aliphatic heterocycles. The van der Waals surface area contributed by atoms with Gasteiger partial charge in [0.15, 0.2) is 0 Å². The van der Waals surface area contributed by atoms with Crippen LogP contribution in [0.4, 0.5) is 0 Å². The molecule has 1 aliphatic rings. The average Bonchev–Trinajstić information content (AvgIpc) is 2.70. The summed E-state index contributed by atoms with van der Waals surface area (Å²) >= 11 is 0. The van der Waals surface area contributed by atoms with Crippen LogP contribution in [0.2, 0.25) is 0 Å². The minimum absolute atomic E-state index is 0.111. The number of carbonyl (C=O) groups is 2. The number of carbonyl (C=O) groups excluding carboxylic acids is 2. The Morgan fingerprint density at radius 2 is 1.71 bits per heavy atom. The summed E-state index contributed by atoms with van der Waals surface area (Å²) in [5, 5.41) is 2.66. The van der Waals surface area contributed by atoms with Gasteiger partial charge in [-0.25, -0.2) is 8.42 Å². The van der Waals surface area contributed by atoms with Crippen molar-refractivity contribution in [2.24, 2.45) is 0 Å². The van der Waals surface area contributed by atoms with E-state index >= 15 is 0 Å². The van der Waals surface area contributed by atoms with Crippen molar-refractivity contribution >= 4 is 21.8 Å². The lowest BCUT2D eigenvalue weighted by atomic mass is 10.1. The van der Waals surface area contributed by atoms with Gasteiger partial charge in [0.2, 0.25) is 21.8 Å². The van der Waals surface area contributed by atoms with Crippen LogP contribution in [0.25, 0.3) is 0 Å². The third-order valence-electron chi connectivity index (χ3n) is 4.69. The van der Waals surface area contributed by atoms with Crippen molar-refractivity contribution in [3.8, 4) is 0 Å². The van der Waals surface area contributed by atoms with Gasteiger partial charge in [0.1, 0.15) is 6.04 Å². The lowest BCUT2D eigenvalue weighted by Gasteiger charge is -2.34. The summed E-state index contributed by atoms with van der Waals surface area (Å²) in [7, 11) is -2.23. The van der Waals surface area contributed by atoms with Gasteiger partial charge in [0.25, 0.3) is 0 Å². The number of amides is 2. The first-order valence-corrected chi connectivity index (χ1v) is 10.5. The molecule has 7 nitrogen and oxygen atoms in total. The van der Waals surface area contributed by atoms with Gasteiger partial charge in [-0.05, 0) is 17.7 Å². The second-order valence-electron chi connectivity index (χ2n) is 6.68. The topological polar surface area (TPSA) is 86.8 Å². The molecule has 0 spiro atoms. The molecule has 2 amide bonds. The molecule has 1 heterocycles. The second-order valence-corrected chi connectivity index (χ2v) is 8.57. The standard InChI is InChI=1S/C20H23N3O4S/c1-22(15-16-8-4-2-5-9-16)19(24)14-18-20(25)21-12-13-23(18)28(26,27)17-10-6-3-7-11-17/h2-11,18H,12-15H2,1H3,(H,21,25)/t18-/m0/s1. The molecule has 0 unspecified atom stereocenters. The number of piperazine rings is 1. The summed E-state index contributed by atoms with van der Waals surface area (Å²) in [6, 6.07) is 16.4. The minimum atomic E-state index is -3.87. The highest BCUT2D eigenvalue weighted by atomic mass is 32.2. The van der Waals surface area contributed by atoms with Crippen LogP contribution in [0.5, 0.6) is 0 Å². The van der Waals surface area contributed by atoms with Crippen molar-refractivity contribution < 1.29 is 18.0 Å². The Morgan fingerprint density at radius 3 is 2.36 bits per heavy atom. The van der Waals surface area contributed by atoms with Crippen LogP contribution in [0.3, 0.4) is 0 Å². The van der Waals surface area contributed by atoms with Gasteiger partial charge in [-0.2, -0.15) is 4.31 Å². The fraction of sp³-hybridized carbons (Fsp3) is 0.300. The zero-order valence-electron chi connectivity index (χ0n) is 15.6. The van der Waals surface area contributed by atoms with E-state index in [4.69, 9.17) is 0 Å². The van der Waals surface area contributed by atoms with Crippen LogP contribution in [0.15, 0.2) is 65.6 Å². The summed E-state index contributed by atoms with van der Waals surface area (Å²) < 4.78 is 27.1. The smallest absolute Gasteiger partial charge is 0.243 e. The third kappa shape index (κ3) is 4.40. The number of hydrogen-bond acceptors (Lipinski definition) is 4. The minimum Gasteiger partial charge on any atom is -0.353 e. The number of benzene rings is 2. The Balaban J connectivity index is 1.77. The summed E-state index contributed by atoms with van der Waals surface area (Å²) in [5.74, 6) is -0.744. The van der Waals surface area contributed by atoms with E-state index in [0.717, 1.165) is 9.87 Å². The SMILES string of the molecule is CN(Cc1ccccc1)C(=O)C[C@H]1C(=O)NCCN1S(=O)(=O)c1ccccc1. The molecular formula is C20H23N3O4S. The van der Waals surface area contributed by atoms with Gasteiger partial charge in [-0.1, -0.05) is 48.5 Å². The van der Waals surface area contributed by atoms with E-state index in [1.165, 1.54) is 17.0 Å². The Hall–Kier alpha value is -2.71. The molecule has 0 aliphatic carbocycles. The normalized spacial score (nSPS) is 17.8. The highest BCUT2D eigenvalue weighted by Crippen LogP contribution is 2.22. The number of rotatable bonds is 6. The Morgan fingerprint density at radius 1 is 1.11 bits per heavy atom. The molecule has 8 heteroatoms. The summed E-state index contributed by atoms with van der Waals surface area (Å²) in [5.41, 5.74) is 0.959. The number of hydrogen-bond donors (Lipinski definition) is 1. The maximum absolute atomic E-state index is 13.0. The largest absolute Gasteiger partial charge is 0.353 e. The quantitative estimate of drug-likeness (QED) is 0.789. The molecule has 1 atom stereocenters. The lowest BCUT2D eigenvalue weighted by molar-refractivity contribution is -0.136. The van der Waals surface area contributed by atoms with Crippen LogP contribution in [0.1, 0.15) is 12.0 Å². The van der Waals surface area contributed by atoms with Crippen molar-refractivity contribution in [1.29, 1.82) is 0 Å². The van der Waals surface area contributed by atoms with Crippen molar-refractivity contribution in [2.45, 2.75) is 23.9 Å². The Bertz CT molecular complexity index is 932. The van der Waals surface area contributed by atoms with E-state index in [9.17, 15) is 18.0 Å². The second kappa shape index (κ2) is 8.53. The number of nitrogens with one attached hydrogen (secondary N) is 1. The van der Waals surface area contributed by atoms with E-state index in [1.807, 2.05) is 30.3 Å². The first-order chi connectivity index (χ1) is 13.4. The predicted octanol–water partition coefficient (Wildman–Crippen LogP) is 1.22. The lowest BCUT2D eigenvalue weighted by Crippen LogP contribution is -2.58. The highest BCUT2D eigenvalue weighted by Gasteiger charge is 2.40. The molecule has 148 valence electrons. The average molecular weight is 401 g/mol. The zero-order valence-corrected chi connectivity index (χ0v) is 16.4. The molecule has 0 aromatic heterocycles. The van der Waals surface area contributed by atoms with Crippen molar-refractivity contribution in [1.82, 2.24) is 14.5 Å². The molecule has 3 rings (SSSR count). The number of nitrogens with zero attached hydrogens (tertiary/aromatic N) is 2. The van der Waals surface area contributed by atoms with Crippen molar-refractivity contribution in [3.05, 3.63) is 66.2 Å². The van der Waals surface area contributed by atoms with Crippen LogP contribution in [-0.4, -0.2) is 55.6 Å². The predicted molar refractivity (Wildman–Crippen MR) is 105 cm³/mol. The first kappa shape index (κ1) is 20.0. The van der Waals surface area contributed by atoms with Gasteiger partial charge < -0.3 is 10.2 Å². The fourth-order valence-electron chi connectivity index (χ4n) is 3.17. The third-order valence-corrected chi connectivity index (χ3v) is 6.61. The van der Waals surface area contributed by atoms with Gasteiger partial charge in [0.05, 0.1) is 11.3 Å². The van der Waals surface area contributed by atoms with Crippen LogP contribution in [0, 0.1) is 0 Å². The maximum Gasteiger partial charge on any atom is 0.243 e. The Kier molecular flexibility index (Phi) is 6.11. The molecular weight excluding hydrogens is 378 g/mol. The van der Waals surface area contributed by atoms with Gasteiger partial charge >= 0.3 is 0 Å². The van der Waals surface area contributed by atoms with Crippen molar-refractivity contribution in [2.75, 3.05) is 20.1 Å². The molecule has 2 aromatic rings. The Labute approximate surface area is 165 Å². The van der Waals surface area contributed by atoms with E-state index in [-0.39, 0.29) is 30.3 Å².